The van der Waals surface area contributed by atoms with E-state index in [1.165, 1.54) is 24.3 Å². The number of halogens is 1. The Bertz CT molecular complexity index is 999. The lowest BCUT2D eigenvalue weighted by Crippen LogP contribution is -2.28. The summed E-state index contributed by atoms with van der Waals surface area (Å²) in [5.74, 6) is -0.123. The standard InChI is InChI=1S/C21H19FN2O3S/c1-13-19(28-21(24-13)17-5-3-4-6-18(17)22)11-23-20(26)12-27-16-9-7-15(8-10-16)14(2)25/h3-10H,11-12H2,1-2H3,(H,23,26). The van der Waals surface area contributed by atoms with Crippen LogP contribution in [0.1, 0.15) is 27.9 Å². The van der Waals surface area contributed by atoms with Crippen molar-refractivity contribution in [3.05, 3.63) is 70.5 Å². The third-order valence-electron chi connectivity index (χ3n) is 4.07. The number of hydrogen-bond acceptors (Lipinski definition) is 5. The first-order valence-electron chi connectivity index (χ1n) is 8.65. The second kappa shape index (κ2) is 8.75. The van der Waals surface area contributed by atoms with Crippen molar-refractivity contribution < 1.29 is 18.7 Å². The number of ether oxygens (including phenoxy) is 1. The van der Waals surface area contributed by atoms with E-state index in [1.54, 1.807) is 42.5 Å². The van der Waals surface area contributed by atoms with Gasteiger partial charge in [-0.15, -0.1) is 11.3 Å². The van der Waals surface area contributed by atoms with E-state index < -0.39 is 0 Å². The molecular weight excluding hydrogens is 379 g/mol. The molecule has 0 aliphatic carbocycles. The highest BCUT2D eigenvalue weighted by atomic mass is 32.1. The molecule has 0 unspecified atom stereocenters. The summed E-state index contributed by atoms with van der Waals surface area (Å²) >= 11 is 1.35. The van der Waals surface area contributed by atoms with Crippen LogP contribution in [-0.2, 0) is 11.3 Å². The van der Waals surface area contributed by atoms with Gasteiger partial charge in [0.25, 0.3) is 5.91 Å². The fourth-order valence-electron chi connectivity index (χ4n) is 2.51. The average molecular weight is 398 g/mol. The average Bonchev–Trinajstić information content (AvgIpc) is 3.05. The molecule has 144 valence electrons. The molecule has 1 amide bonds. The van der Waals surface area contributed by atoms with Crippen molar-refractivity contribution in [1.29, 1.82) is 0 Å². The summed E-state index contributed by atoms with van der Waals surface area (Å²) in [6.07, 6.45) is 0. The molecule has 3 aromatic rings. The first kappa shape index (κ1) is 19.7. The SMILES string of the molecule is CC(=O)c1ccc(OCC(=O)NCc2sc(-c3ccccc3F)nc2C)cc1. The number of nitrogens with one attached hydrogen (secondary N) is 1. The Morgan fingerprint density at radius 3 is 2.54 bits per heavy atom. The van der Waals surface area contributed by atoms with E-state index in [0.717, 1.165) is 10.6 Å². The van der Waals surface area contributed by atoms with Gasteiger partial charge in [-0.05, 0) is 50.2 Å². The first-order valence-corrected chi connectivity index (χ1v) is 9.47. The predicted molar refractivity (Wildman–Crippen MR) is 106 cm³/mol. The molecule has 0 aliphatic rings. The van der Waals surface area contributed by atoms with Crippen molar-refractivity contribution in [2.45, 2.75) is 20.4 Å². The number of aryl methyl sites for hydroxylation is 1. The van der Waals surface area contributed by atoms with Gasteiger partial charge in [0.05, 0.1) is 12.2 Å². The molecule has 0 fully saturated rings. The Labute approximate surface area is 166 Å². The number of carbonyl (C=O) groups excluding carboxylic acids is 2. The van der Waals surface area contributed by atoms with Crippen LogP contribution in [0.5, 0.6) is 5.75 Å². The molecule has 7 heteroatoms. The molecule has 3 rings (SSSR count). The number of Topliss-reactive ketones (excluding diaryl/α,β-unsaturated/α-hetero) is 1. The number of carbonyl (C=O) groups is 2. The predicted octanol–water partition coefficient (Wildman–Crippen LogP) is 4.16. The fraction of sp³-hybridized carbons (Fsp3) is 0.190. The molecule has 1 N–H and O–H groups in total. The van der Waals surface area contributed by atoms with Gasteiger partial charge in [-0.3, -0.25) is 9.59 Å². The summed E-state index contributed by atoms with van der Waals surface area (Å²) in [7, 11) is 0. The molecule has 0 saturated carbocycles. The summed E-state index contributed by atoms with van der Waals surface area (Å²) in [6, 6.07) is 13.1. The van der Waals surface area contributed by atoms with Gasteiger partial charge in [-0.25, -0.2) is 9.37 Å². The van der Waals surface area contributed by atoms with Gasteiger partial charge in [0.1, 0.15) is 16.6 Å². The van der Waals surface area contributed by atoms with Crippen molar-refractivity contribution in [3.8, 4) is 16.3 Å². The van der Waals surface area contributed by atoms with Crippen LogP contribution in [0, 0.1) is 12.7 Å². The lowest BCUT2D eigenvalue weighted by molar-refractivity contribution is -0.123. The zero-order valence-corrected chi connectivity index (χ0v) is 16.3. The Morgan fingerprint density at radius 2 is 1.86 bits per heavy atom. The van der Waals surface area contributed by atoms with Crippen molar-refractivity contribution in [3.63, 3.8) is 0 Å². The molecule has 28 heavy (non-hydrogen) atoms. The van der Waals surface area contributed by atoms with E-state index in [2.05, 4.69) is 10.3 Å². The summed E-state index contributed by atoms with van der Waals surface area (Å²) in [5, 5.41) is 3.36. The smallest absolute Gasteiger partial charge is 0.258 e. The number of rotatable bonds is 7. The Morgan fingerprint density at radius 1 is 1.14 bits per heavy atom. The number of benzene rings is 2. The largest absolute Gasteiger partial charge is 0.484 e. The van der Waals surface area contributed by atoms with E-state index in [4.69, 9.17) is 4.74 Å². The number of thiazole rings is 1. The highest BCUT2D eigenvalue weighted by Crippen LogP contribution is 2.29. The molecule has 1 heterocycles. The van der Waals surface area contributed by atoms with Gasteiger partial charge in [0.2, 0.25) is 0 Å². The molecule has 2 aromatic carbocycles. The second-order valence-electron chi connectivity index (χ2n) is 6.15. The topological polar surface area (TPSA) is 68.3 Å². The maximum atomic E-state index is 13.9. The van der Waals surface area contributed by atoms with Gasteiger partial charge in [-0.2, -0.15) is 0 Å². The molecule has 0 bridgehead atoms. The molecule has 1 aromatic heterocycles. The minimum absolute atomic E-state index is 0.0287. The molecule has 0 aliphatic heterocycles. The lowest BCUT2D eigenvalue weighted by atomic mass is 10.1. The molecule has 0 saturated heterocycles. The zero-order chi connectivity index (χ0) is 20.1. The van der Waals surface area contributed by atoms with Crippen LogP contribution in [0.2, 0.25) is 0 Å². The van der Waals surface area contributed by atoms with Gasteiger partial charge in [-0.1, -0.05) is 12.1 Å². The number of ketones is 1. The fourth-order valence-corrected chi connectivity index (χ4v) is 3.54. The van der Waals surface area contributed by atoms with Gasteiger partial charge < -0.3 is 10.1 Å². The zero-order valence-electron chi connectivity index (χ0n) is 15.5. The summed E-state index contributed by atoms with van der Waals surface area (Å²) < 4.78 is 19.3. The highest BCUT2D eigenvalue weighted by molar-refractivity contribution is 7.15. The van der Waals surface area contributed by atoms with E-state index in [0.29, 0.717) is 28.4 Å². The molecule has 5 nitrogen and oxygen atoms in total. The van der Waals surface area contributed by atoms with Crippen LogP contribution >= 0.6 is 11.3 Å². The minimum Gasteiger partial charge on any atom is -0.484 e. The van der Waals surface area contributed by atoms with Crippen LogP contribution in [0.3, 0.4) is 0 Å². The summed E-state index contributed by atoms with van der Waals surface area (Å²) in [4.78, 5) is 28.6. The van der Waals surface area contributed by atoms with Gasteiger partial charge in [0.15, 0.2) is 12.4 Å². The van der Waals surface area contributed by atoms with Crippen molar-refractivity contribution in [1.82, 2.24) is 10.3 Å². The number of hydrogen-bond donors (Lipinski definition) is 1. The highest BCUT2D eigenvalue weighted by Gasteiger charge is 2.13. The van der Waals surface area contributed by atoms with E-state index >= 15 is 0 Å². The van der Waals surface area contributed by atoms with Crippen LogP contribution in [0.15, 0.2) is 48.5 Å². The maximum Gasteiger partial charge on any atom is 0.258 e. The Hall–Kier alpha value is -3.06. The van der Waals surface area contributed by atoms with Crippen LogP contribution in [0.4, 0.5) is 4.39 Å². The lowest BCUT2D eigenvalue weighted by Gasteiger charge is -2.07. The summed E-state index contributed by atoms with van der Waals surface area (Å²) in [5.41, 5.74) is 1.79. The van der Waals surface area contributed by atoms with Crippen molar-refractivity contribution >= 4 is 23.0 Å². The molecular formula is C21H19FN2O3S. The van der Waals surface area contributed by atoms with Gasteiger partial charge >= 0.3 is 0 Å². The van der Waals surface area contributed by atoms with Crippen LogP contribution in [0.25, 0.3) is 10.6 Å². The van der Waals surface area contributed by atoms with Crippen molar-refractivity contribution in [2.24, 2.45) is 0 Å². The summed E-state index contributed by atoms with van der Waals surface area (Å²) in [6.45, 7) is 3.47. The Balaban J connectivity index is 1.55. The monoisotopic (exact) mass is 398 g/mol. The number of amides is 1. The van der Waals surface area contributed by atoms with E-state index in [9.17, 15) is 14.0 Å². The maximum absolute atomic E-state index is 13.9. The Kier molecular flexibility index (Phi) is 6.16. The third-order valence-corrected chi connectivity index (χ3v) is 5.26. The second-order valence-corrected chi connectivity index (χ2v) is 7.24. The first-order chi connectivity index (χ1) is 13.4. The molecule has 0 spiro atoms. The minimum atomic E-state index is -0.323. The van der Waals surface area contributed by atoms with E-state index in [1.807, 2.05) is 6.92 Å². The quantitative estimate of drug-likeness (QED) is 0.607. The molecule has 0 atom stereocenters. The number of nitrogens with zero attached hydrogens (tertiary/aromatic N) is 1. The molecule has 0 radical (unpaired) electrons. The van der Waals surface area contributed by atoms with Gasteiger partial charge in [0, 0.05) is 16.0 Å². The third kappa shape index (κ3) is 4.80. The van der Waals surface area contributed by atoms with Crippen LogP contribution in [-0.4, -0.2) is 23.3 Å². The van der Waals surface area contributed by atoms with Crippen LogP contribution < -0.4 is 10.1 Å². The normalized spacial score (nSPS) is 10.5. The number of aromatic nitrogens is 1. The van der Waals surface area contributed by atoms with E-state index in [-0.39, 0.29) is 24.1 Å². The van der Waals surface area contributed by atoms with Crippen molar-refractivity contribution in [2.75, 3.05) is 6.61 Å².